The molecule has 0 unspecified atom stereocenters. The number of rotatable bonds is 7. The quantitative estimate of drug-likeness (QED) is 0.607. The lowest BCUT2D eigenvalue weighted by Gasteiger charge is -2.07. The second-order valence-corrected chi connectivity index (χ2v) is 7.35. The highest BCUT2D eigenvalue weighted by Gasteiger charge is 2.23. The van der Waals surface area contributed by atoms with Crippen LogP contribution in [0.25, 0.3) is 5.52 Å². The summed E-state index contributed by atoms with van der Waals surface area (Å²) < 4.78 is 7.06. The Kier molecular flexibility index (Phi) is 4.61. The maximum absolute atomic E-state index is 6.60. The van der Waals surface area contributed by atoms with Gasteiger partial charge in [-0.15, -0.1) is 5.10 Å². The molecule has 0 amide bonds. The lowest BCUT2D eigenvalue weighted by Crippen LogP contribution is -2.05. The number of furan rings is 1. The van der Waals surface area contributed by atoms with Crippen LogP contribution in [-0.4, -0.2) is 14.6 Å². The number of nitrogens with one attached hydrogen (secondary N) is 1. The lowest BCUT2D eigenvalue weighted by atomic mass is 10.1. The molecule has 1 fully saturated rings. The minimum atomic E-state index is 0.163. The maximum Gasteiger partial charge on any atom is 0.243 e. The highest BCUT2D eigenvalue weighted by atomic mass is 35.5. The van der Waals surface area contributed by atoms with E-state index in [4.69, 9.17) is 27.6 Å². The van der Waals surface area contributed by atoms with Crippen LogP contribution < -0.4 is 5.32 Å². The summed E-state index contributed by atoms with van der Waals surface area (Å²) in [6, 6.07) is 3.77. The van der Waals surface area contributed by atoms with Crippen molar-refractivity contribution in [2.45, 2.75) is 45.6 Å². The van der Waals surface area contributed by atoms with Gasteiger partial charge in [-0.25, -0.2) is 4.52 Å². The fourth-order valence-electron chi connectivity index (χ4n) is 3.28. The predicted octanol–water partition coefficient (Wildman–Crippen LogP) is 5.28. The van der Waals surface area contributed by atoms with Gasteiger partial charge in [0.25, 0.3) is 0 Å². The van der Waals surface area contributed by atoms with Crippen molar-refractivity contribution in [1.29, 1.82) is 0 Å². The summed E-state index contributed by atoms with van der Waals surface area (Å²) in [4.78, 5) is 4.36. The van der Waals surface area contributed by atoms with E-state index >= 15 is 0 Å². The first-order valence-corrected chi connectivity index (χ1v) is 9.38. The largest absolute Gasteiger partial charge is 0.467 e. The molecule has 1 aliphatic carbocycles. The lowest BCUT2D eigenvalue weighted by molar-refractivity contribution is 0.518. The highest BCUT2D eigenvalue weighted by Crippen LogP contribution is 2.36. The van der Waals surface area contributed by atoms with Crippen LogP contribution in [-0.2, 0) is 13.0 Å². The monoisotopic (exact) mass is 378 g/mol. The van der Waals surface area contributed by atoms with Crippen LogP contribution in [0.15, 0.2) is 22.8 Å². The van der Waals surface area contributed by atoms with E-state index in [-0.39, 0.29) is 5.28 Å². The van der Waals surface area contributed by atoms with Gasteiger partial charge in [-0.05, 0) is 60.5 Å². The molecule has 0 aliphatic heterocycles. The maximum atomic E-state index is 6.60. The van der Waals surface area contributed by atoms with E-state index < -0.39 is 0 Å². The van der Waals surface area contributed by atoms with Crippen molar-refractivity contribution in [2.75, 3.05) is 5.32 Å². The van der Waals surface area contributed by atoms with E-state index in [1.807, 2.05) is 12.1 Å². The summed E-state index contributed by atoms with van der Waals surface area (Å²) in [6.45, 7) is 2.60. The van der Waals surface area contributed by atoms with Crippen LogP contribution in [0.3, 0.4) is 0 Å². The number of hydrogen-bond acceptors (Lipinski definition) is 4. The molecule has 1 aliphatic rings. The first-order valence-electron chi connectivity index (χ1n) is 8.63. The zero-order chi connectivity index (χ0) is 17.4. The third kappa shape index (κ3) is 3.48. The third-order valence-corrected chi connectivity index (χ3v) is 5.36. The molecule has 0 radical (unpaired) electrons. The predicted molar refractivity (Wildman–Crippen MR) is 99.4 cm³/mol. The van der Waals surface area contributed by atoms with E-state index in [0.29, 0.717) is 17.5 Å². The van der Waals surface area contributed by atoms with Gasteiger partial charge in [-0.3, -0.25) is 0 Å². The van der Waals surface area contributed by atoms with Gasteiger partial charge >= 0.3 is 0 Å². The van der Waals surface area contributed by atoms with E-state index in [9.17, 15) is 0 Å². The van der Waals surface area contributed by atoms with Crippen molar-refractivity contribution in [3.8, 4) is 0 Å². The first-order chi connectivity index (χ1) is 12.1. The summed E-state index contributed by atoms with van der Waals surface area (Å²) in [5, 5.41) is 8.38. The van der Waals surface area contributed by atoms with Gasteiger partial charge in [-0.1, -0.05) is 30.9 Å². The van der Waals surface area contributed by atoms with E-state index in [0.717, 1.165) is 41.2 Å². The molecule has 3 aromatic rings. The van der Waals surface area contributed by atoms with Crippen molar-refractivity contribution in [3.63, 3.8) is 0 Å². The zero-order valence-electron chi connectivity index (χ0n) is 14.1. The van der Waals surface area contributed by atoms with Crippen molar-refractivity contribution in [3.05, 3.63) is 45.7 Å². The number of hydrogen-bond donors (Lipinski definition) is 1. The SMILES string of the molecule is Cc1c(CCCC2CC2)c(Cl)n2nc(Cl)nc(NCc3ccco3)c12. The summed E-state index contributed by atoms with van der Waals surface area (Å²) >= 11 is 12.7. The van der Waals surface area contributed by atoms with Gasteiger partial charge in [0.2, 0.25) is 5.28 Å². The average Bonchev–Trinajstić information content (AvgIpc) is 3.20. The van der Waals surface area contributed by atoms with Crippen LogP contribution >= 0.6 is 23.2 Å². The minimum absolute atomic E-state index is 0.163. The molecule has 3 heterocycles. The Bertz CT molecular complexity index is 884. The Morgan fingerprint density at radius 1 is 1.36 bits per heavy atom. The van der Waals surface area contributed by atoms with E-state index in [1.165, 1.54) is 19.3 Å². The van der Waals surface area contributed by atoms with Crippen LogP contribution in [0.4, 0.5) is 5.82 Å². The van der Waals surface area contributed by atoms with Gasteiger partial charge in [0.15, 0.2) is 5.82 Å². The number of halogens is 2. The fraction of sp³-hybridized carbons (Fsp3) is 0.444. The smallest absolute Gasteiger partial charge is 0.243 e. The van der Waals surface area contributed by atoms with Crippen molar-refractivity contribution in [1.82, 2.24) is 14.6 Å². The molecule has 132 valence electrons. The molecule has 1 N–H and O–H groups in total. The van der Waals surface area contributed by atoms with Gasteiger partial charge in [0.05, 0.1) is 12.8 Å². The number of anilines is 1. The molecule has 0 spiro atoms. The number of nitrogens with zero attached hydrogens (tertiary/aromatic N) is 3. The average molecular weight is 379 g/mol. The Morgan fingerprint density at radius 3 is 2.92 bits per heavy atom. The Hall–Kier alpha value is -1.72. The minimum Gasteiger partial charge on any atom is -0.467 e. The topological polar surface area (TPSA) is 55.4 Å². The molecular weight excluding hydrogens is 359 g/mol. The summed E-state index contributed by atoms with van der Waals surface area (Å²) in [5.41, 5.74) is 3.13. The zero-order valence-corrected chi connectivity index (χ0v) is 15.6. The first kappa shape index (κ1) is 16.7. The van der Waals surface area contributed by atoms with Gasteiger partial charge in [0.1, 0.15) is 16.4 Å². The Labute approximate surface area is 156 Å². The molecular formula is C18H20Cl2N4O. The third-order valence-electron chi connectivity index (χ3n) is 4.81. The van der Waals surface area contributed by atoms with E-state index in [2.05, 4.69) is 22.3 Å². The normalized spacial score (nSPS) is 14.4. The molecule has 0 saturated heterocycles. The second-order valence-electron chi connectivity index (χ2n) is 6.65. The van der Waals surface area contributed by atoms with E-state index in [1.54, 1.807) is 10.8 Å². The standard InChI is InChI=1S/C18H20Cl2N4O/c1-11-14(6-2-4-12-7-8-12)16(19)24-15(11)17(22-18(20)23-24)21-10-13-5-3-9-25-13/h3,5,9,12H,2,4,6-8,10H2,1H3,(H,21,22,23). The molecule has 0 atom stereocenters. The number of aryl methyl sites for hydroxylation is 1. The molecule has 0 aromatic carbocycles. The number of fused-ring (bicyclic) bond motifs is 1. The Morgan fingerprint density at radius 2 is 2.20 bits per heavy atom. The second kappa shape index (κ2) is 6.89. The summed E-state index contributed by atoms with van der Waals surface area (Å²) in [7, 11) is 0. The number of aromatic nitrogens is 3. The molecule has 25 heavy (non-hydrogen) atoms. The van der Waals surface area contributed by atoms with Gasteiger partial charge in [-0.2, -0.15) is 4.98 Å². The van der Waals surface area contributed by atoms with Crippen molar-refractivity contribution < 1.29 is 4.42 Å². The molecule has 5 nitrogen and oxygen atoms in total. The summed E-state index contributed by atoms with van der Waals surface area (Å²) in [5.74, 6) is 2.42. The molecule has 3 aromatic heterocycles. The molecule has 4 rings (SSSR count). The highest BCUT2D eigenvalue weighted by molar-refractivity contribution is 6.31. The van der Waals surface area contributed by atoms with Crippen LogP contribution in [0, 0.1) is 12.8 Å². The van der Waals surface area contributed by atoms with Crippen molar-refractivity contribution >= 4 is 34.5 Å². The fourth-order valence-corrected chi connectivity index (χ4v) is 3.79. The van der Waals surface area contributed by atoms with Gasteiger partial charge in [0, 0.05) is 0 Å². The van der Waals surface area contributed by atoms with Crippen molar-refractivity contribution in [2.24, 2.45) is 5.92 Å². The summed E-state index contributed by atoms with van der Waals surface area (Å²) in [6.07, 6.45) is 7.80. The Balaban J connectivity index is 1.64. The molecule has 7 heteroatoms. The van der Waals surface area contributed by atoms with Gasteiger partial charge < -0.3 is 9.73 Å². The molecule has 1 saturated carbocycles. The van der Waals surface area contributed by atoms with Crippen LogP contribution in [0.1, 0.15) is 42.6 Å². The van der Waals surface area contributed by atoms with Crippen LogP contribution in [0.2, 0.25) is 10.4 Å². The van der Waals surface area contributed by atoms with Crippen LogP contribution in [0.5, 0.6) is 0 Å². The molecule has 0 bridgehead atoms.